The van der Waals surface area contributed by atoms with E-state index in [4.69, 9.17) is 23.8 Å². The number of allylic oxidation sites excluding steroid dienone is 4. The second-order valence-electron chi connectivity index (χ2n) is 14.7. The lowest BCUT2D eigenvalue weighted by Crippen LogP contribution is -2.04. The van der Waals surface area contributed by atoms with Crippen molar-refractivity contribution in [1.29, 1.82) is 0 Å². The van der Waals surface area contributed by atoms with Gasteiger partial charge in [-0.2, -0.15) is 0 Å². The van der Waals surface area contributed by atoms with Crippen molar-refractivity contribution in [2.75, 3.05) is 0 Å². The van der Waals surface area contributed by atoms with Crippen molar-refractivity contribution in [3.05, 3.63) is 176 Å². The Labute approximate surface area is 326 Å². The molecule has 0 N–H and O–H groups in total. The van der Waals surface area contributed by atoms with E-state index in [0.29, 0.717) is 17.5 Å². The van der Waals surface area contributed by atoms with Gasteiger partial charge >= 0.3 is 0 Å². The highest BCUT2D eigenvalue weighted by Gasteiger charge is 2.22. The first-order valence-corrected chi connectivity index (χ1v) is 19.3. The summed E-state index contributed by atoms with van der Waals surface area (Å²) < 4.78 is 15.5. The van der Waals surface area contributed by atoms with E-state index in [9.17, 15) is 0 Å². The minimum atomic E-state index is 0.573. The first-order valence-electron chi connectivity index (χ1n) is 19.3. The van der Waals surface area contributed by atoms with Gasteiger partial charge in [-0.1, -0.05) is 115 Å². The molecule has 57 heavy (non-hydrogen) atoms. The molecule has 4 aromatic heterocycles. The predicted octanol–water partition coefficient (Wildman–Crippen LogP) is 13.5. The molecule has 6 heteroatoms. The van der Waals surface area contributed by atoms with Gasteiger partial charge in [0.15, 0.2) is 17.5 Å². The maximum Gasteiger partial charge on any atom is 0.167 e. The number of nitrogens with zero attached hydrogens (tertiary/aromatic N) is 4. The molecule has 0 spiro atoms. The van der Waals surface area contributed by atoms with Crippen molar-refractivity contribution < 1.29 is 8.83 Å². The Morgan fingerprint density at radius 2 is 1.21 bits per heavy atom. The van der Waals surface area contributed by atoms with Gasteiger partial charge < -0.3 is 13.4 Å². The van der Waals surface area contributed by atoms with Crippen LogP contribution in [0.2, 0.25) is 0 Å². The third kappa shape index (κ3) is 5.00. The molecule has 0 saturated carbocycles. The number of benzene rings is 7. The van der Waals surface area contributed by atoms with Crippen LogP contribution in [-0.2, 0) is 0 Å². The highest BCUT2D eigenvalue weighted by Crippen LogP contribution is 2.41. The van der Waals surface area contributed by atoms with Gasteiger partial charge in [0.1, 0.15) is 22.3 Å². The van der Waals surface area contributed by atoms with Crippen LogP contribution in [0.5, 0.6) is 0 Å². The number of furan rings is 2. The van der Waals surface area contributed by atoms with Crippen LogP contribution < -0.4 is 0 Å². The monoisotopic (exact) mass is 732 g/mol. The van der Waals surface area contributed by atoms with Crippen molar-refractivity contribution in [2.24, 2.45) is 0 Å². The standard InChI is InChI=1S/C51H32N4O2/c1-3-13-31(14-4-1)33-25-28-43-41(29-33)35-17-7-9-22-42(35)55(43)34-26-27-38-46(30-34)56-45-24-12-20-39(47(38)45)50-52-49(32-15-5-2-6-16-32)53-51(54-50)40-21-11-19-37-36-18-8-10-23-44(36)57-48(37)40/h1-5,7-15,17-30H,6,16H2. The van der Waals surface area contributed by atoms with Crippen molar-refractivity contribution in [2.45, 2.75) is 12.8 Å². The molecule has 6 nitrogen and oxygen atoms in total. The quantitative estimate of drug-likeness (QED) is 0.176. The van der Waals surface area contributed by atoms with E-state index in [0.717, 1.165) is 90.1 Å². The Morgan fingerprint density at radius 3 is 2.11 bits per heavy atom. The summed E-state index contributed by atoms with van der Waals surface area (Å²) in [5, 5.41) is 6.49. The van der Waals surface area contributed by atoms with Crippen LogP contribution in [0.15, 0.2) is 179 Å². The van der Waals surface area contributed by atoms with E-state index in [2.05, 4.69) is 132 Å². The largest absolute Gasteiger partial charge is 0.456 e. The Hall–Kier alpha value is -7.57. The zero-order chi connectivity index (χ0) is 37.5. The molecule has 0 amide bonds. The normalized spacial score (nSPS) is 13.2. The summed E-state index contributed by atoms with van der Waals surface area (Å²) in [6.45, 7) is 0. The number of fused-ring (bicyclic) bond motifs is 9. The third-order valence-corrected chi connectivity index (χ3v) is 11.3. The van der Waals surface area contributed by atoms with E-state index < -0.39 is 0 Å². The minimum absolute atomic E-state index is 0.573. The van der Waals surface area contributed by atoms with Crippen molar-refractivity contribution >= 4 is 71.3 Å². The SMILES string of the molecule is C1=CCCC(c2nc(-c3cccc4c3oc3ccccc34)nc(-c3cccc4oc5cc(-n6c7ccccc7c7cc(-c8ccccc8)ccc76)ccc5c34)n2)=C1. The van der Waals surface area contributed by atoms with Crippen LogP contribution in [0.3, 0.4) is 0 Å². The average Bonchev–Trinajstić information content (AvgIpc) is 3.96. The average molecular weight is 733 g/mol. The maximum absolute atomic E-state index is 6.69. The summed E-state index contributed by atoms with van der Waals surface area (Å²) in [7, 11) is 0. The molecule has 1 aliphatic carbocycles. The van der Waals surface area contributed by atoms with Crippen LogP contribution in [0.4, 0.5) is 0 Å². The number of hydrogen-bond donors (Lipinski definition) is 0. The molecule has 4 heterocycles. The molecular formula is C51H32N4O2. The smallest absolute Gasteiger partial charge is 0.167 e. The number of rotatable bonds is 5. The Balaban J connectivity index is 1.04. The molecule has 0 fully saturated rings. The van der Waals surface area contributed by atoms with Gasteiger partial charge in [-0.15, -0.1) is 0 Å². The third-order valence-electron chi connectivity index (χ3n) is 11.3. The second-order valence-corrected chi connectivity index (χ2v) is 14.7. The van der Waals surface area contributed by atoms with Gasteiger partial charge in [0.25, 0.3) is 0 Å². The lowest BCUT2D eigenvalue weighted by molar-refractivity contribution is 0.668. The van der Waals surface area contributed by atoms with E-state index in [1.54, 1.807) is 0 Å². The zero-order valence-electron chi connectivity index (χ0n) is 30.7. The Bertz CT molecular complexity index is 3470. The topological polar surface area (TPSA) is 69.9 Å². The van der Waals surface area contributed by atoms with Crippen LogP contribution in [0.1, 0.15) is 18.7 Å². The summed E-state index contributed by atoms with van der Waals surface area (Å²) in [5.41, 5.74) is 11.7. The summed E-state index contributed by atoms with van der Waals surface area (Å²) >= 11 is 0. The molecule has 11 aromatic rings. The molecule has 0 aliphatic heterocycles. The van der Waals surface area contributed by atoms with Crippen molar-refractivity contribution in [3.63, 3.8) is 0 Å². The highest BCUT2D eigenvalue weighted by atomic mass is 16.3. The molecule has 0 saturated heterocycles. The van der Waals surface area contributed by atoms with Gasteiger partial charge in [0.2, 0.25) is 0 Å². The fourth-order valence-corrected chi connectivity index (χ4v) is 8.67. The fraction of sp³-hybridized carbons (Fsp3) is 0.0392. The van der Waals surface area contributed by atoms with E-state index in [1.165, 1.54) is 21.9 Å². The lowest BCUT2D eigenvalue weighted by atomic mass is 10.0. The number of aromatic nitrogens is 4. The predicted molar refractivity (Wildman–Crippen MR) is 231 cm³/mol. The summed E-state index contributed by atoms with van der Waals surface area (Å²) in [5.74, 6) is 1.83. The van der Waals surface area contributed by atoms with Crippen molar-refractivity contribution in [1.82, 2.24) is 19.5 Å². The summed E-state index contributed by atoms with van der Waals surface area (Å²) in [6, 6.07) is 52.9. The van der Waals surface area contributed by atoms with Crippen LogP contribution in [0.25, 0.3) is 111 Å². The minimum Gasteiger partial charge on any atom is -0.456 e. The molecule has 0 bridgehead atoms. The lowest BCUT2D eigenvalue weighted by Gasteiger charge is -2.12. The molecule has 12 rings (SSSR count). The Kier molecular flexibility index (Phi) is 6.95. The second kappa shape index (κ2) is 12.5. The number of para-hydroxylation sites is 3. The van der Waals surface area contributed by atoms with Crippen LogP contribution in [-0.4, -0.2) is 19.5 Å². The van der Waals surface area contributed by atoms with E-state index >= 15 is 0 Å². The van der Waals surface area contributed by atoms with E-state index in [1.807, 2.05) is 42.5 Å². The maximum atomic E-state index is 6.69. The van der Waals surface area contributed by atoms with Crippen LogP contribution >= 0.6 is 0 Å². The van der Waals surface area contributed by atoms with Gasteiger partial charge in [0.05, 0.1) is 16.6 Å². The molecule has 268 valence electrons. The summed E-state index contributed by atoms with van der Waals surface area (Å²) in [6.07, 6.45) is 8.16. The van der Waals surface area contributed by atoms with Crippen molar-refractivity contribution in [3.8, 4) is 39.6 Å². The van der Waals surface area contributed by atoms with Crippen LogP contribution in [0, 0.1) is 0 Å². The zero-order valence-corrected chi connectivity index (χ0v) is 30.7. The molecule has 1 aliphatic rings. The first kappa shape index (κ1) is 31.7. The molecule has 0 atom stereocenters. The first-order chi connectivity index (χ1) is 28.2. The van der Waals surface area contributed by atoms with Gasteiger partial charge in [-0.3, -0.25) is 0 Å². The number of hydrogen-bond acceptors (Lipinski definition) is 5. The van der Waals surface area contributed by atoms with Gasteiger partial charge in [-0.25, -0.2) is 15.0 Å². The van der Waals surface area contributed by atoms with Gasteiger partial charge in [-0.05, 0) is 78.1 Å². The molecular weight excluding hydrogens is 701 g/mol. The van der Waals surface area contributed by atoms with E-state index in [-0.39, 0.29) is 0 Å². The highest BCUT2D eigenvalue weighted by molar-refractivity contribution is 6.14. The molecule has 0 radical (unpaired) electrons. The van der Waals surface area contributed by atoms with Gasteiger partial charge in [0, 0.05) is 49.6 Å². The summed E-state index contributed by atoms with van der Waals surface area (Å²) in [4.78, 5) is 15.5. The molecule has 7 aromatic carbocycles. The fourth-order valence-electron chi connectivity index (χ4n) is 8.67. The Morgan fingerprint density at radius 1 is 0.474 bits per heavy atom. The molecule has 0 unspecified atom stereocenters.